The van der Waals surface area contributed by atoms with Gasteiger partial charge in [0, 0.05) is 62.2 Å². The molecule has 0 aliphatic carbocycles. The number of aromatic nitrogens is 1. The number of nitrogens with zero attached hydrogens (tertiary/aromatic N) is 2. The van der Waals surface area contributed by atoms with Gasteiger partial charge in [-0.15, -0.1) is 0 Å². The zero-order chi connectivity index (χ0) is 42.6. The van der Waals surface area contributed by atoms with Gasteiger partial charge < -0.3 is 36.2 Å². The molecule has 1 amide bonds. The van der Waals surface area contributed by atoms with Gasteiger partial charge in [0.15, 0.2) is 0 Å². The summed E-state index contributed by atoms with van der Waals surface area (Å²) in [6, 6.07) is 26.8. The highest BCUT2D eigenvalue weighted by atomic mass is 35.5. The van der Waals surface area contributed by atoms with Gasteiger partial charge >= 0.3 is 5.97 Å². The SMILES string of the molecule is CCCCC(=O)NC1CCNCc2cc(-c3cccc(-c4cccc(CNc5cc(OCc6cncc(C#N)c6)c(CNC[C@@H](O)CC(=O)O)cc5Cl)c4C)c3C)ccc21. The van der Waals surface area contributed by atoms with Crippen molar-refractivity contribution in [2.75, 3.05) is 18.4 Å². The molecule has 60 heavy (non-hydrogen) atoms. The van der Waals surface area contributed by atoms with Crippen molar-refractivity contribution >= 4 is 29.2 Å². The summed E-state index contributed by atoms with van der Waals surface area (Å²) in [6.45, 7) is 8.97. The fourth-order valence-corrected chi connectivity index (χ4v) is 7.93. The maximum absolute atomic E-state index is 12.7. The van der Waals surface area contributed by atoms with Crippen LogP contribution in [-0.2, 0) is 35.8 Å². The molecule has 0 fully saturated rings. The van der Waals surface area contributed by atoms with Crippen LogP contribution in [0.1, 0.15) is 89.6 Å². The Morgan fingerprint density at radius 1 is 1.00 bits per heavy atom. The molecular formula is C48H53ClN6O5. The molecule has 0 saturated heterocycles. The fourth-order valence-electron chi connectivity index (χ4n) is 7.68. The summed E-state index contributed by atoms with van der Waals surface area (Å²) >= 11 is 6.86. The zero-order valence-electron chi connectivity index (χ0n) is 34.4. The molecule has 6 N–H and O–H groups in total. The van der Waals surface area contributed by atoms with Crippen LogP contribution in [0, 0.1) is 25.2 Å². The van der Waals surface area contributed by atoms with Crippen molar-refractivity contribution in [1.82, 2.24) is 20.9 Å². The van der Waals surface area contributed by atoms with E-state index in [-0.39, 0.29) is 38.1 Å². The molecule has 5 aromatic rings. The summed E-state index contributed by atoms with van der Waals surface area (Å²) in [6.07, 6.45) is 5.00. The van der Waals surface area contributed by atoms with Gasteiger partial charge in [0.05, 0.1) is 34.8 Å². The van der Waals surface area contributed by atoms with Gasteiger partial charge in [-0.3, -0.25) is 14.6 Å². The molecule has 0 bridgehead atoms. The smallest absolute Gasteiger partial charge is 0.306 e. The molecule has 6 rings (SSSR count). The maximum Gasteiger partial charge on any atom is 0.306 e. The van der Waals surface area contributed by atoms with Crippen LogP contribution in [-0.4, -0.2) is 46.3 Å². The minimum Gasteiger partial charge on any atom is -0.488 e. The van der Waals surface area contributed by atoms with Crippen molar-refractivity contribution in [3.05, 3.63) is 135 Å². The monoisotopic (exact) mass is 828 g/mol. The van der Waals surface area contributed by atoms with Gasteiger partial charge in [-0.25, -0.2) is 0 Å². The number of hydrogen-bond acceptors (Lipinski definition) is 9. The zero-order valence-corrected chi connectivity index (χ0v) is 35.2. The summed E-state index contributed by atoms with van der Waals surface area (Å²) in [4.78, 5) is 27.9. The molecule has 1 aromatic heterocycles. The molecule has 1 aliphatic heterocycles. The number of carboxylic acid groups (broad SMARTS) is 1. The van der Waals surface area contributed by atoms with Crippen molar-refractivity contribution in [2.24, 2.45) is 0 Å². The average Bonchev–Trinajstić information content (AvgIpc) is 3.44. The molecule has 4 aromatic carbocycles. The predicted molar refractivity (Wildman–Crippen MR) is 236 cm³/mol. The van der Waals surface area contributed by atoms with Gasteiger partial charge in [0.2, 0.25) is 5.91 Å². The second-order valence-electron chi connectivity index (χ2n) is 15.3. The molecule has 312 valence electrons. The summed E-state index contributed by atoms with van der Waals surface area (Å²) in [7, 11) is 0. The molecule has 2 atom stereocenters. The molecule has 12 heteroatoms. The maximum atomic E-state index is 12.7. The lowest BCUT2D eigenvalue weighted by atomic mass is 9.88. The number of amides is 1. The molecule has 0 spiro atoms. The summed E-state index contributed by atoms with van der Waals surface area (Å²) in [5, 5.41) is 42.4. The van der Waals surface area contributed by atoms with Crippen molar-refractivity contribution in [2.45, 2.75) is 91.3 Å². The summed E-state index contributed by atoms with van der Waals surface area (Å²) in [5.41, 5.74) is 12.9. The Morgan fingerprint density at radius 3 is 2.57 bits per heavy atom. The van der Waals surface area contributed by atoms with E-state index in [9.17, 15) is 20.0 Å². The van der Waals surface area contributed by atoms with E-state index >= 15 is 0 Å². The average molecular weight is 829 g/mol. The lowest BCUT2D eigenvalue weighted by Gasteiger charge is -2.21. The molecule has 0 saturated carbocycles. The molecule has 1 unspecified atom stereocenters. The van der Waals surface area contributed by atoms with Crippen molar-refractivity contribution in [3.63, 3.8) is 0 Å². The minimum absolute atomic E-state index is 0.00819. The summed E-state index contributed by atoms with van der Waals surface area (Å²) in [5.74, 6) is -0.437. The van der Waals surface area contributed by atoms with Gasteiger partial charge in [0.1, 0.15) is 18.4 Å². The van der Waals surface area contributed by atoms with Gasteiger partial charge in [-0.2, -0.15) is 5.26 Å². The Morgan fingerprint density at radius 2 is 1.78 bits per heavy atom. The molecule has 11 nitrogen and oxygen atoms in total. The van der Waals surface area contributed by atoms with Crippen LogP contribution in [0.25, 0.3) is 22.3 Å². The number of carboxylic acids is 1. The minimum atomic E-state index is -1.08. The Kier molecular flexibility index (Phi) is 15.3. The first-order valence-electron chi connectivity index (χ1n) is 20.5. The molecule has 1 aliphatic rings. The number of nitriles is 1. The van der Waals surface area contributed by atoms with E-state index in [1.54, 1.807) is 18.3 Å². The third-order valence-corrected chi connectivity index (χ3v) is 11.3. The first-order valence-corrected chi connectivity index (χ1v) is 20.9. The first-order chi connectivity index (χ1) is 29.0. The number of halogens is 1. The lowest BCUT2D eigenvalue weighted by Crippen LogP contribution is -2.29. The molecule has 0 radical (unpaired) electrons. The predicted octanol–water partition coefficient (Wildman–Crippen LogP) is 8.51. The Bertz CT molecular complexity index is 2360. The molecular weight excluding hydrogens is 776 g/mol. The number of anilines is 1. The number of benzene rings is 4. The van der Waals surface area contributed by atoms with Crippen molar-refractivity contribution < 1.29 is 24.5 Å². The van der Waals surface area contributed by atoms with Gasteiger partial charge in [0.25, 0.3) is 0 Å². The van der Waals surface area contributed by atoms with Crippen LogP contribution in [0.2, 0.25) is 5.02 Å². The van der Waals surface area contributed by atoms with Crippen LogP contribution >= 0.6 is 11.6 Å². The highest BCUT2D eigenvalue weighted by molar-refractivity contribution is 6.33. The topological polar surface area (TPSA) is 169 Å². The number of aliphatic hydroxyl groups is 1. The number of unbranched alkanes of at least 4 members (excludes halogenated alkanes) is 1. The van der Waals surface area contributed by atoms with E-state index in [0.29, 0.717) is 40.6 Å². The standard InChI is InChI=1S/C48H53ClN6O5/c1-4-5-12-47(57)55-44-15-16-51-25-36-18-34(13-14-42(36)44)39-9-7-11-41(31(39)3)40-10-6-8-35(30(40)2)27-54-45-21-46(60-29-33-17-32(22-50)23-52-24-33)37(19-43(45)49)26-53-28-38(56)20-48(58)59/h6-11,13-14,17-19,21,23-24,38,44,51,53-54,56H,4-5,12,15-16,20,25-29H2,1-3H3,(H,55,57)(H,58,59)/t38-,44?/m0/s1. The van der Waals surface area contributed by atoms with Gasteiger partial charge in [-0.05, 0) is 102 Å². The van der Waals surface area contributed by atoms with E-state index in [4.69, 9.17) is 21.4 Å². The summed E-state index contributed by atoms with van der Waals surface area (Å²) < 4.78 is 6.26. The quantitative estimate of drug-likeness (QED) is 0.0504. The second-order valence-corrected chi connectivity index (χ2v) is 15.7. The van der Waals surface area contributed by atoms with Gasteiger partial charge in [-0.1, -0.05) is 73.5 Å². The van der Waals surface area contributed by atoms with Crippen molar-refractivity contribution in [1.29, 1.82) is 5.26 Å². The number of rotatable bonds is 18. The number of fused-ring (bicyclic) bond motifs is 1. The largest absolute Gasteiger partial charge is 0.488 e. The normalized spacial score (nSPS) is 14.0. The first kappa shape index (κ1) is 43.8. The Hall–Kier alpha value is -5.77. The Labute approximate surface area is 357 Å². The van der Waals surface area contributed by atoms with E-state index in [2.05, 4.69) is 108 Å². The molecule has 2 heterocycles. The van der Waals surface area contributed by atoms with Crippen LogP contribution in [0.5, 0.6) is 5.75 Å². The number of carbonyl (C=O) groups is 2. The fraction of sp³-hybridized carbons (Fsp3) is 0.333. The number of nitrogens with one attached hydrogen (secondary N) is 4. The van der Waals surface area contributed by atoms with E-state index in [1.165, 1.54) is 22.9 Å². The van der Waals surface area contributed by atoms with Crippen LogP contribution in [0.4, 0.5) is 5.69 Å². The lowest BCUT2D eigenvalue weighted by molar-refractivity contribution is -0.139. The highest BCUT2D eigenvalue weighted by Gasteiger charge is 2.22. The number of ether oxygens (including phenoxy) is 1. The third kappa shape index (κ3) is 11.3. The number of aliphatic hydroxyl groups excluding tert-OH is 1. The highest BCUT2D eigenvalue weighted by Crippen LogP contribution is 2.37. The van der Waals surface area contributed by atoms with E-state index in [1.807, 2.05) is 6.07 Å². The van der Waals surface area contributed by atoms with E-state index < -0.39 is 12.1 Å². The van der Waals surface area contributed by atoms with Crippen LogP contribution < -0.4 is 26.0 Å². The van der Waals surface area contributed by atoms with E-state index in [0.717, 1.165) is 71.3 Å². The number of aliphatic carboxylic acids is 1. The van der Waals surface area contributed by atoms with Crippen LogP contribution in [0.3, 0.4) is 0 Å². The van der Waals surface area contributed by atoms with Crippen LogP contribution in [0.15, 0.2) is 85.2 Å². The number of pyridine rings is 1. The Balaban J connectivity index is 1.22. The van der Waals surface area contributed by atoms with Crippen molar-refractivity contribution in [3.8, 4) is 34.1 Å². The number of carbonyl (C=O) groups excluding carboxylic acids is 1. The second kappa shape index (κ2) is 21.0. The third-order valence-electron chi connectivity index (χ3n) is 11.0. The number of hydrogen-bond donors (Lipinski definition) is 6.